The molecule has 0 fully saturated rings. The third-order valence-electron chi connectivity index (χ3n) is 1.53. The van der Waals surface area contributed by atoms with Crippen molar-refractivity contribution in [3.63, 3.8) is 0 Å². The zero-order chi connectivity index (χ0) is 9.35. The number of aliphatic imine (C=N–C) groups is 1. The van der Waals surface area contributed by atoms with E-state index in [0.29, 0.717) is 0 Å². The summed E-state index contributed by atoms with van der Waals surface area (Å²) in [5.74, 6) is 0. The lowest BCUT2D eigenvalue weighted by Crippen LogP contribution is -2.41. The lowest BCUT2D eigenvalue weighted by Gasteiger charge is -2.26. The van der Waals surface area contributed by atoms with Crippen molar-refractivity contribution in [3.05, 3.63) is 0 Å². The average molecular weight is 182 g/mol. The molecule has 0 radical (unpaired) electrons. The molecule has 2 N–H and O–H groups in total. The number of nitrogens with zero attached hydrogens (tertiary/aromatic N) is 1. The van der Waals surface area contributed by atoms with E-state index in [0.717, 1.165) is 0 Å². The van der Waals surface area contributed by atoms with Crippen LogP contribution in [0.1, 0.15) is 13.3 Å². The first-order valence-electron chi connectivity index (χ1n) is 3.46. The summed E-state index contributed by atoms with van der Waals surface area (Å²) < 4.78 is 40.5. The molecule has 0 bridgehead atoms. The Morgan fingerprint density at radius 3 is 2.58 bits per heavy atom. The maximum absolute atomic E-state index is 12.1. The van der Waals surface area contributed by atoms with Crippen molar-refractivity contribution in [2.45, 2.75) is 31.7 Å². The van der Waals surface area contributed by atoms with Crippen LogP contribution in [-0.4, -0.2) is 24.3 Å². The minimum atomic E-state index is -4.35. The van der Waals surface area contributed by atoms with E-state index in [1.165, 1.54) is 0 Å². The number of rotatable bonds is 0. The Bertz CT molecular complexity index is 201. The standard InChI is InChI=1S/C6H9F3N2O/c1-3-2-4(6(7,8)9)12-5(10)11-3/h3-4H,2H2,1H3,(H2,10,11). The smallest absolute Gasteiger partial charge is 0.425 e. The number of hydrogen-bond donors (Lipinski definition) is 1. The summed E-state index contributed by atoms with van der Waals surface area (Å²) >= 11 is 0. The molecular formula is C6H9F3N2O. The van der Waals surface area contributed by atoms with Gasteiger partial charge in [0.05, 0.1) is 6.04 Å². The number of amidine groups is 1. The van der Waals surface area contributed by atoms with Gasteiger partial charge < -0.3 is 10.5 Å². The molecule has 0 aromatic rings. The molecule has 1 rings (SSSR count). The van der Waals surface area contributed by atoms with Crippen molar-refractivity contribution in [2.75, 3.05) is 0 Å². The summed E-state index contributed by atoms with van der Waals surface area (Å²) in [5, 5.41) is 0. The van der Waals surface area contributed by atoms with Gasteiger partial charge in [-0.2, -0.15) is 13.2 Å². The maximum atomic E-state index is 12.1. The Labute approximate surface area is 67.4 Å². The van der Waals surface area contributed by atoms with Gasteiger partial charge in [0, 0.05) is 6.42 Å². The second-order valence-electron chi connectivity index (χ2n) is 2.70. The highest BCUT2D eigenvalue weighted by atomic mass is 19.4. The largest absolute Gasteiger partial charge is 0.452 e. The second kappa shape index (κ2) is 2.84. The maximum Gasteiger partial charge on any atom is 0.425 e. The number of alkyl halides is 3. The van der Waals surface area contributed by atoms with Crippen LogP contribution in [0.15, 0.2) is 4.99 Å². The number of halogens is 3. The van der Waals surface area contributed by atoms with Gasteiger partial charge in [0.2, 0.25) is 0 Å². The molecule has 12 heavy (non-hydrogen) atoms. The minimum Gasteiger partial charge on any atom is -0.452 e. The molecule has 2 unspecified atom stereocenters. The van der Waals surface area contributed by atoms with Crippen molar-refractivity contribution >= 4 is 6.02 Å². The van der Waals surface area contributed by atoms with Crippen molar-refractivity contribution < 1.29 is 17.9 Å². The van der Waals surface area contributed by atoms with Crippen LogP contribution in [0.25, 0.3) is 0 Å². The van der Waals surface area contributed by atoms with Crippen LogP contribution in [0.4, 0.5) is 13.2 Å². The van der Waals surface area contributed by atoms with E-state index >= 15 is 0 Å². The van der Waals surface area contributed by atoms with Crippen molar-refractivity contribution in [3.8, 4) is 0 Å². The molecule has 1 aliphatic heterocycles. The Morgan fingerprint density at radius 2 is 2.17 bits per heavy atom. The Hall–Kier alpha value is -0.940. The average Bonchev–Trinajstić information content (AvgIpc) is 1.82. The Morgan fingerprint density at radius 1 is 1.58 bits per heavy atom. The zero-order valence-electron chi connectivity index (χ0n) is 6.43. The summed E-state index contributed by atoms with van der Waals surface area (Å²) in [7, 11) is 0. The summed E-state index contributed by atoms with van der Waals surface area (Å²) in [6.07, 6.45) is -6.32. The molecule has 0 amide bonds. The molecule has 2 atom stereocenters. The van der Waals surface area contributed by atoms with Gasteiger partial charge in [-0.25, -0.2) is 4.99 Å². The lowest BCUT2D eigenvalue weighted by atomic mass is 10.1. The highest BCUT2D eigenvalue weighted by molar-refractivity contribution is 5.72. The van der Waals surface area contributed by atoms with Gasteiger partial charge >= 0.3 is 6.18 Å². The Kier molecular flexibility index (Phi) is 2.16. The number of nitrogens with two attached hydrogens (primary N) is 1. The predicted molar refractivity (Wildman–Crippen MR) is 36.6 cm³/mol. The second-order valence-corrected chi connectivity index (χ2v) is 2.70. The van der Waals surface area contributed by atoms with Gasteiger partial charge in [-0.1, -0.05) is 0 Å². The number of hydrogen-bond acceptors (Lipinski definition) is 3. The normalized spacial score (nSPS) is 30.8. The van der Waals surface area contributed by atoms with Gasteiger partial charge in [-0.15, -0.1) is 0 Å². The third kappa shape index (κ3) is 2.02. The molecule has 1 aliphatic rings. The van der Waals surface area contributed by atoms with E-state index in [2.05, 4.69) is 9.73 Å². The van der Waals surface area contributed by atoms with E-state index < -0.39 is 18.3 Å². The fraction of sp³-hybridized carbons (Fsp3) is 0.833. The first kappa shape index (κ1) is 9.15. The fourth-order valence-electron chi connectivity index (χ4n) is 1.00. The lowest BCUT2D eigenvalue weighted by molar-refractivity contribution is -0.204. The zero-order valence-corrected chi connectivity index (χ0v) is 6.43. The minimum absolute atomic E-state index is 0.163. The van der Waals surface area contributed by atoms with Crippen LogP contribution in [0.5, 0.6) is 0 Å². The molecule has 0 aromatic carbocycles. The molecule has 70 valence electrons. The molecule has 0 spiro atoms. The highest BCUT2D eigenvalue weighted by Gasteiger charge is 2.44. The topological polar surface area (TPSA) is 47.6 Å². The van der Waals surface area contributed by atoms with Crippen LogP contribution >= 0.6 is 0 Å². The van der Waals surface area contributed by atoms with Crippen LogP contribution in [0, 0.1) is 0 Å². The molecule has 0 saturated heterocycles. The summed E-state index contributed by atoms with van der Waals surface area (Å²) in [6.45, 7) is 1.56. The molecule has 0 aliphatic carbocycles. The predicted octanol–water partition coefficient (Wildman–Crippen LogP) is 1.04. The first-order valence-corrected chi connectivity index (χ1v) is 3.46. The van der Waals surface area contributed by atoms with Gasteiger partial charge in [-0.05, 0) is 6.92 Å². The van der Waals surface area contributed by atoms with Gasteiger partial charge in [0.1, 0.15) is 0 Å². The SMILES string of the molecule is CC1CC(C(F)(F)F)OC(N)=N1. The molecule has 6 heteroatoms. The Balaban J connectivity index is 2.68. The molecule has 1 heterocycles. The van der Waals surface area contributed by atoms with Crippen LogP contribution in [0.3, 0.4) is 0 Å². The van der Waals surface area contributed by atoms with Crippen molar-refractivity contribution in [1.82, 2.24) is 0 Å². The third-order valence-corrected chi connectivity index (χ3v) is 1.53. The first-order chi connectivity index (χ1) is 5.39. The number of ether oxygens (including phenoxy) is 1. The van der Waals surface area contributed by atoms with Crippen LogP contribution < -0.4 is 5.73 Å². The summed E-state index contributed by atoms with van der Waals surface area (Å²) in [4.78, 5) is 3.62. The van der Waals surface area contributed by atoms with Gasteiger partial charge in [0.25, 0.3) is 6.02 Å². The van der Waals surface area contributed by atoms with Gasteiger partial charge in [-0.3, -0.25) is 0 Å². The molecule has 0 saturated carbocycles. The highest BCUT2D eigenvalue weighted by Crippen LogP contribution is 2.28. The van der Waals surface area contributed by atoms with E-state index in [1.807, 2.05) is 0 Å². The molecule has 0 aromatic heterocycles. The summed E-state index contributed by atoms with van der Waals surface area (Å²) in [6, 6.07) is -0.804. The van der Waals surface area contributed by atoms with Crippen molar-refractivity contribution in [2.24, 2.45) is 10.7 Å². The van der Waals surface area contributed by atoms with E-state index in [1.54, 1.807) is 6.92 Å². The van der Waals surface area contributed by atoms with E-state index in [9.17, 15) is 13.2 Å². The quantitative estimate of drug-likeness (QED) is 0.608. The van der Waals surface area contributed by atoms with E-state index in [-0.39, 0.29) is 12.4 Å². The molecular weight excluding hydrogens is 173 g/mol. The van der Waals surface area contributed by atoms with Crippen LogP contribution in [0.2, 0.25) is 0 Å². The van der Waals surface area contributed by atoms with E-state index in [4.69, 9.17) is 5.73 Å². The summed E-state index contributed by atoms with van der Waals surface area (Å²) in [5.41, 5.74) is 5.04. The van der Waals surface area contributed by atoms with Crippen LogP contribution in [-0.2, 0) is 4.74 Å². The molecule has 3 nitrogen and oxygen atoms in total. The van der Waals surface area contributed by atoms with Gasteiger partial charge in [0.15, 0.2) is 6.10 Å². The van der Waals surface area contributed by atoms with Crippen molar-refractivity contribution in [1.29, 1.82) is 0 Å². The monoisotopic (exact) mass is 182 g/mol. The fourth-order valence-corrected chi connectivity index (χ4v) is 1.00.